The van der Waals surface area contributed by atoms with Crippen molar-refractivity contribution >= 4 is 34.6 Å². The Morgan fingerprint density at radius 2 is 1.95 bits per heavy atom. The molecule has 3 aromatic carbocycles. The molecule has 0 amide bonds. The number of rotatable bonds is 5. The van der Waals surface area contributed by atoms with Crippen LogP contribution in [0.3, 0.4) is 0 Å². The number of halogens is 2. The van der Waals surface area contributed by atoms with Gasteiger partial charge < -0.3 is 14.6 Å². The number of hydrogen-bond donors (Lipinski definition) is 2. The number of imidazole rings is 1. The fraction of sp³-hybridized carbons (Fsp3) is 0.179. The highest BCUT2D eigenvalue weighted by atomic mass is 35.5. The first kappa shape index (κ1) is 25.4. The number of fused-ring (bicyclic) bond motifs is 3. The normalized spacial score (nSPS) is 13.8. The first-order valence-corrected chi connectivity index (χ1v) is 11.9. The van der Waals surface area contributed by atoms with E-state index in [9.17, 15) is 9.18 Å². The van der Waals surface area contributed by atoms with Gasteiger partial charge in [0.05, 0.1) is 17.6 Å². The lowest BCUT2D eigenvalue weighted by atomic mass is 9.89. The standard InChI is InChI=1S/C28H24FN5O3.ClH/c1-16(27-32-28(35)37-33-27)26-20-9-7-17(11-18(20)15-36-24-12-19(29)8-10-21(24)26)14-34-23-6-4-3-5-22(23)31-25(34)13-30-2;/h3-12,30H,13-15H2,1-2H3,(H,32,33,35);1H/b26-16-;. The molecule has 0 atom stereocenters. The van der Waals surface area contributed by atoms with Crippen molar-refractivity contribution in [2.45, 2.75) is 26.6 Å². The van der Waals surface area contributed by atoms with E-state index in [1.54, 1.807) is 6.07 Å². The minimum Gasteiger partial charge on any atom is -0.488 e. The Bertz CT molecular complexity index is 1740. The van der Waals surface area contributed by atoms with Gasteiger partial charge in [0.2, 0.25) is 0 Å². The SMILES string of the molecule is CNCc1nc2ccccc2n1Cc1ccc2c(c1)COc1cc(F)ccc1/C2=C(/C)c1noc(=O)[nH]1.Cl. The number of aromatic amines is 1. The van der Waals surface area contributed by atoms with E-state index in [2.05, 4.69) is 38.2 Å². The number of benzene rings is 3. The van der Waals surface area contributed by atoms with E-state index >= 15 is 0 Å². The van der Waals surface area contributed by atoms with Crippen molar-refractivity contribution in [3.63, 3.8) is 0 Å². The topological polar surface area (TPSA) is 98.0 Å². The molecule has 0 saturated heterocycles. The lowest BCUT2D eigenvalue weighted by Crippen LogP contribution is -2.13. The van der Waals surface area contributed by atoms with E-state index in [1.807, 2.05) is 38.2 Å². The van der Waals surface area contributed by atoms with Gasteiger partial charge in [-0.05, 0) is 66.6 Å². The van der Waals surface area contributed by atoms with Crippen LogP contribution in [0, 0.1) is 5.82 Å². The molecule has 5 aromatic rings. The number of ether oxygens (including phenoxy) is 1. The molecule has 1 aliphatic rings. The van der Waals surface area contributed by atoms with Gasteiger partial charge in [0.15, 0.2) is 5.82 Å². The highest BCUT2D eigenvalue weighted by molar-refractivity contribution is 5.99. The van der Waals surface area contributed by atoms with Gasteiger partial charge in [0.1, 0.15) is 24.0 Å². The molecule has 0 fully saturated rings. The summed E-state index contributed by atoms with van der Waals surface area (Å²) < 4.78 is 27.2. The number of allylic oxidation sites excluding steroid dienone is 1. The molecule has 3 heterocycles. The zero-order valence-electron chi connectivity index (χ0n) is 20.7. The summed E-state index contributed by atoms with van der Waals surface area (Å²) in [4.78, 5) is 19.1. The zero-order chi connectivity index (χ0) is 25.5. The summed E-state index contributed by atoms with van der Waals surface area (Å²) in [5.41, 5.74) is 7.14. The fourth-order valence-corrected chi connectivity index (χ4v) is 4.92. The van der Waals surface area contributed by atoms with Gasteiger partial charge >= 0.3 is 5.76 Å². The Morgan fingerprint density at radius 1 is 1.13 bits per heavy atom. The first-order chi connectivity index (χ1) is 18.0. The third-order valence-corrected chi connectivity index (χ3v) is 6.61. The lowest BCUT2D eigenvalue weighted by molar-refractivity contribution is 0.305. The summed E-state index contributed by atoms with van der Waals surface area (Å²) in [6.07, 6.45) is 0. The number of nitrogens with one attached hydrogen (secondary N) is 2. The molecule has 6 rings (SSSR count). The summed E-state index contributed by atoms with van der Waals surface area (Å²) >= 11 is 0. The van der Waals surface area contributed by atoms with Crippen LogP contribution in [0.5, 0.6) is 5.75 Å². The maximum Gasteiger partial charge on any atom is 0.439 e. The Labute approximate surface area is 223 Å². The highest BCUT2D eigenvalue weighted by Gasteiger charge is 2.24. The zero-order valence-corrected chi connectivity index (χ0v) is 21.6. The van der Waals surface area contributed by atoms with Crippen LogP contribution < -0.4 is 15.8 Å². The van der Waals surface area contributed by atoms with E-state index in [0.29, 0.717) is 35.8 Å². The quantitative estimate of drug-likeness (QED) is 0.333. The molecule has 0 aliphatic carbocycles. The van der Waals surface area contributed by atoms with Gasteiger partial charge in [-0.25, -0.2) is 14.2 Å². The van der Waals surface area contributed by atoms with E-state index in [4.69, 9.17) is 14.2 Å². The monoisotopic (exact) mass is 533 g/mol. The van der Waals surface area contributed by atoms with Crippen LogP contribution in [0.15, 0.2) is 70.0 Å². The molecular weight excluding hydrogens is 509 g/mol. The van der Waals surface area contributed by atoms with Gasteiger partial charge in [-0.3, -0.25) is 9.51 Å². The van der Waals surface area contributed by atoms with E-state index < -0.39 is 5.76 Å². The van der Waals surface area contributed by atoms with Crippen molar-refractivity contribution in [2.24, 2.45) is 0 Å². The van der Waals surface area contributed by atoms with Gasteiger partial charge in [-0.1, -0.05) is 29.4 Å². The molecule has 10 heteroatoms. The van der Waals surface area contributed by atoms with E-state index in [-0.39, 0.29) is 24.8 Å². The molecule has 0 radical (unpaired) electrons. The summed E-state index contributed by atoms with van der Waals surface area (Å²) in [5, 5.41) is 7.08. The van der Waals surface area contributed by atoms with Crippen LogP contribution in [-0.4, -0.2) is 26.7 Å². The Kier molecular flexibility index (Phi) is 6.88. The van der Waals surface area contributed by atoms with Gasteiger partial charge in [0.25, 0.3) is 0 Å². The molecule has 1 aliphatic heterocycles. The molecule has 2 aromatic heterocycles. The van der Waals surface area contributed by atoms with Crippen molar-refractivity contribution in [1.82, 2.24) is 25.0 Å². The number of hydrogen-bond acceptors (Lipinski definition) is 6. The van der Waals surface area contributed by atoms with E-state index in [1.165, 1.54) is 12.1 Å². The predicted molar refractivity (Wildman–Crippen MR) is 145 cm³/mol. The summed E-state index contributed by atoms with van der Waals surface area (Å²) in [7, 11) is 1.90. The summed E-state index contributed by atoms with van der Waals surface area (Å²) in [6, 6.07) is 18.8. The van der Waals surface area contributed by atoms with Crippen LogP contribution in [-0.2, 0) is 19.7 Å². The highest BCUT2D eigenvalue weighted by Crippen LogP contribution is 2.41. The smallest absolute Gasteiger partial charge is 0.439 e. The fourth-order valence-electron chi connectivity index (χ4n) is 4.92. The molecule has 38 heavy (non-hydrogen) atoms. The second kappa shape index (κ2) is 10.3. The van der Waals surface area contributed by atoms with Crippen LogP contribution in [0.25, 0.3) is 22.2 Å². The molecule has 2 N–H and O–H groups in total. The van der Waals surface area contributed by atoms with E-state index in [0.717, 1.165) is 39.1 Å². The van der Waals surface area contributed by atoms with Crippen molar-refractivity contribution < 1.29 is 13.7 Å². The average molecular weight is 534 g/mol. The minimum absolute atomic E-state index is 0. The maximum absolute atomic E-state index is 14.1. The second-order valence-electron chi connectivity index (χ2n) is 9.00. The average Bonchev–Trinajstić information content (AvgIpc) is 3.44. The molecule has 0 saturated carbocycles. The van der Waals surface area contributed by atoms with Crippen LogP contribution in [0.4, 0.5) is 4.39 Å². The van der Waals surface area contributed by atoms with Gasteiger partial charge in [-0.2, -0.15) is 0 Å². The molecule has 194 valence electrons. The minimum atomic E-state index is -0.639. The Hall–Kier alpha value is -4.21. The van der Waals surface area contributed by atoms with Gasteiger partial charge in [-0.15, -0.1) is 12.4 Å². The number of para-hydroxylation sites is 2. The van der Waals surface area contributed by atoms with Crippen molar-refractivity contribution in [1.29, 1.82) is 0 Å². The molecular formula is C28H25ClFN5O3. The van der Waals surface area contributed by atoms with Crippen LogP contribution in [0.2, 0.25) is 0 Å². The number of H-pyrrole nitrogens is 1. The first-order valence-electron chi connectivity index (χ1n) is 11.9. The summed E-state index contributed by atoms with van der Waals surface area (Å²) in [6.45, 7) is 3.38. The number of nitrogens with zero attached hydrogens (tertiary/aromatic N) is 3. The maximum atomic E-state index is 14.1. The molecule has 0 bridgehead atoms. The Balaban J connectivity index is 0.00000294. The summed E-state index contributed by atoms with van der Waals surface area (Å²) in [5.74, 6) is 0.661. The lowest BCUT2D eigenvalue weighted by Gasteiger charge is -2.15. The molecule has 8 nitrogen and oxygen atoms in total. The van der Waals surface area contributed by atoms with Crippen LogP contribution in [0.1, 0.15) is 40.8 Å². The van der Waals surface area contributed by atoms with Crippen LogP contribution >= 0.6 is 12.4 Å². The third-order valence-electron chi connectivity index (χ3n) is 6.61. The third kappa shape index (κ3) is 4.51. The second-order valence-corrected chi connectivity index (χ2v) is 9.00. The van der Waals surface area contributed by atoms with Crippen molar-refractivity contribution in [3.8, 4) is 5.75 Å². The molecule has 0 spiro atoms. The number of aromatic nitrogens is 4. The van der Waals surface area contributed by atoms with Crippen molar-refractivity contribution in [3.05, 3.63) is 111 Å². The Morgan fingerprint density at radius 3 is 2.74 bits per heavy atom. The predicted octanol–water partition coefficient (Wildman–Crippen LogP) is 4.91. The van der Waals surface area contributed by atoms with Gasteiger partial charge in [0, 0.05) is 23.7 Å². The largest absolute Gasteiger partial charge is 0.488 e. The van der Waals surface area contributed by atoms with Crippen molar-refractivity contribution in [2.75, 3.05) is 7.05 Å². The molecule has 0 unspecified atom stereocenters.